The van der Waals surface area contributed by atoms with Crippen LogP contribution in [0.5, 0.6) is 5.75 Å². The number of aromatic nitrogens is 1. The van der Waals surface area contributed by atoms with Gasteiger partial charge in [-0.25, -0.2) is 4.98 Å². The van der Waals surface area contributed by atoms with Crippen molar-refractivity contribution in [3.8, 4) is 5.75 Å². The number of nitrogens with two attached hydrogens (primary N) is 1. The molecule has 10 heteroatoms. The number of carbonyl (C=O) groups is 1. The van der Waals surface area contributed by atoms with Crippen LogP contribution in [0.15, 0.2) is 18.2 Å². The molecule has 1 aliphatic carbocycles. The van der Waals surface area contributed by atoms with Crippen molar-refractivity contribution in [2.24, 2.45) is 5.73 Å². The number of thiazole rings is 1. The zero-order chi connectivity index (χ0) is 16.0. The van der Waals surface area contributed by atoms with Crippen LogP contribution in [0, 0.1) is 0 Å². The number of nitrogens with zero attached hydrogens (tertiary/aromatic N) is 1. The lowest BCUT2D eigenvalue weighted by molar-refractivity contribution is -0.274. The van der Waals surface area contributed by atoms with Crippen molar-refractivity contribution >= 4 is 45.0 Å². The third kappa shape index (κ3) is 3.85. The molecule has 1 aromatic heterocycles. The van der Waals surface area contributed by atoms with Gasteiger partial charge in [-0.3, -0.25) is 4.79 Å². The van der Waals surface area contributed by atoms with Gasteiger partial charge in [-0.1, -0.05) is 11.3 Å². The van der Waals surface area contributed by atoms with E-state index in [1.165, 1.54) is 18.2 Å². The second-order valence-corrected chi connectivity index (χ2v) is 6.19. The first kappa shape index (κ1) is 17.8. The first-order chi connectivity index (χ1) is 10.3. The Balaban J connectivity index is 0.00000192. The van der Waals surface area contributed by atoms with Crippen LogP contribution >= 0.6 is 23.7 Å². The lowest BCUT2D eigenvalue weighted by atomic mass is 9.77. The van der Waals surface area contributed by atoms with Gasteiger partial charge in [0, 0.05) is 6.07 Å². The Morgan fingerprint density at radius 2 is 2.09 bits per heavy atom. The molecule has 126 valence electrons. The number of halogens is 4. The number of hydrogen-bond donors (Lipinski definition) is 2. The Morgan fingerprint density at radius 3 is 2.65 bits per heavy atom. The van der Waals surface area contributed by atoms with Crippen LogP contribution in [0.2, 0.25) is 0 Å². The first-order valence-electron chi connectivity index (χ1n) is 6.52. The minimum Gasteiger partial charge on any atom is -0.406 e. The summed E-state index contributed by atoms with van der Waals surface area (Å²) in [6, 6.07) is 3.82. The molecule has 5 nitrogen and oxygen atoms in total. The minimum absolute atomic E-state index is 0. The number of alkyl halides is 3. The molecule has 0 atom stereocenters. The van der Waals surface area contributed by atoms with Gasteiger partial charge in [-0.15, -0.1) is 25.6 Å². The zero-order valence-electron chi connectivity index (χ0n) is 11.6. The van der Waals surface area contributed by atoms with Crippen LogP contribution in [-0.4, -0.2) is 22.8 Å². The number of amides is 1. The molecule has 0 bridgehead atoms. The van der Waals surface area contributed by atoms with E-state index < -0.39 is 11.9 Å². The number of carbonyl (C=O) groups excluding carboxylic acids is 1. The lowest BCUT2D eigenvalue weighted by Crippen LogP contribution is -2.56. The standard InChI is InChI=1S/C13H12F3N3O2S.ClH/c14-13(15,16)21-7-2-3-8-9(6-7)22-11(18-8)19-10(20)12(17)4-1-5-12;/h2-3,6H,1,4-5,17H2,(H,18,19,20);1H. The summed E-state index contributed by atoms with van der Waals surface area (Å²) in [5.41, 5.74) is 5.52. The molecule has 1 fully saturated rings. The van der Waals surface area contributed by atoms with Crippen LogP contribution in [-0.2, 0) is 4.79 Å². The molecule has 0 radical (unpaired) electrons. The minimum atomic E-state index is -4.74. The molecule has 0 saturated heterocycles. The number of hydrogen-bond acceptors (Lipinski definition) is 5. The molecule has 2 aromatic rings. The second kappa shape index (κ2) is 6.14. The van der Waals surface area contributed by atoms with E-state index in [0.717, 1.165) is 17.8 Å². The second-order valence-electron chi connectivity index (χ2n) is 5.16. The van der Waals surface area contributed by atoms with Crippen molar-refractivity contribution in [1.29, 1.82) is 0 Å². The maximum atomic E-state index is 12.2. The highest BCUT2D eigenvalue weighted by atomic mass is 35.5. The number of fused-ring (bicyclic) bond motifs is 1. The highest BCUT2D eigenvalue weighted by Crippen LogP contribution is 2.34. The summed E-state index contributed by atoms with van der Waals surface area (Å²) in [5.74, 6) is -0.639. The molecule has 1 aromatic carbocycles. The highest BCUT2D eigenvalue weighted by Gasteiger charge is 2.40. The van der Waals surface area contributed by atoms with E-state index in [0.29, 0.717) is 28.2 Å². The molecule has 3 N–H and O–H groups in total. The topological polar surface area (TPSA) is 77.2 Å². The maximum absolute atomic E-state index is 12.2. The van der Waals surface area contributed by atoms with Crippen molar-refractivity contribution in [2.75, 3.05) is 5.32 Å². The van der Waals surface area contributed by atoms with E-state index in [1.54, 1.807) is 0 Å². The van der Waals surface area contributed by atoms with Gasteiger partial charge in [0.1, 0.15) is 5.75 Å². The van der Waals surface area contributed by atoms with Gasteiger partial charge in [0.15, 0.2) is 5.13 Å². The van der Waals surface area contributed by atoms with Crippen molar-refractivity contribution in [1.82, 2.24) is 4.98 Å². The number of rotatable bonds is 3. The summed E-state index contributed by atoms with van der Waals surface area (Å²) < 4.78 is 40.9. The van der Waals surface area contributed by atoms with E-state index in [2.05, 4.69) is 15.0 Å². The Morgan fingerprint density at radius 1 is 1.39 bits per heavy atom. The molecule has 23 heavy (non-hydrogen) atoms. The largest absolute Gasteiger partial charge is 0.573 e. The third-order valence-electron chi connectivity index (χ3n) is 3.51. The van der Waals surface area contributed by atoms with Gasteiger partial charge in [-0.2, -0.15) is 0 Å². The monoisotopic (exact) mass is 367 g/mol. The maximum Gasteiger partial charge on any atom is 0.573 e. The summed E-state index contributed by atoms with van der Waals surface area (Å²) in [6.45, 7) is 0. The normalized spacial score (nSPS) is 16.3. The average Bonchev–Trinajstić information content (AvgIpc) is 2.75. The van der Waals surface area contributed by atoms with Crippen LogP contribution in [0.4, 0.5) is 18.3 Å². The van der Waals surface area contributed by atoms with Gasteiger partial charge in [0.25, 0.3) is 0 Å². The third-order valence-corrected chi connectivity index (χ3v) is 4.45. The summed E-state index contributed by atoms with van der Waals surface area (Å²) >= 11 is 1.07. The van der Waals surface area contributed by atoms with Gasteiger partial charge in [0.2, 0.25) is 5.91 Å². The van der Waals surface area contributed by atoms with Crippen molar-refractivity contribution in [3.63, 3.8) is 0 Å². The van der Waals surface area contributed by atoms with E-state index in [4.69, 9.17) is 5.73 Å². The van der Waals surface area contributed by atoms with Gasteiger partial charge in [-0.05, 0) is 31.4 Å². The summed E-state index contributed by atoms with van der Waals surface area (Å²) in [5, 5.41) is 2.93. The molecular weight excluding hydrogens is 355 g/mol. The number of ether oxygens (including phenoxy) is 1. The Hall–Kier alpha value is -1.58. The predicted molar refractivity (Wildman–Crippen MR) is 83.0 cm³/mol. The average molecular weight is 368 g/mol. The van der Waals surface area contributed by atoms with Crippen LogP contribution in [0.1, 0.15) is 19.3 Å². The Bertz CT molecular complexity index is 731. The van der Waals surface area contributed by atoms with Crippen LogP contribution in [0.25, 0.3) is 10.2 Å². The zero-order valence-corrected chi connectivity index (χ0v) is 13.3. The van der Waals surface area contributed by atoms with Crippen LogP contribution < -0.4 is 15.8 Å². The molecule has 0 spiro atoms. The molecule has 1 heterocycles. The summed E-state index contributed by atoms with van der Waals surface area (Å²) in [6.07, 6.45) is -2.60. The van der Waals surface area contributed by atoms with Gasteiger partial charge >= 0.3 is 6.36 Å². The predicted octanol–water partition coefficient (Wildman–Crippen LogP) is 3.44. The summed E-state index contributed by atoms with van der Waals surface area (Å²) in [4.78, 5) is 16.2. The van der Waals surface area contributed by atoms with E-state index >= 15 is 0 Å². The first-order valence-corrected chi connectivity index (χ1v) is 7.34. The van der Waals surface area contributed by atoms with Crippen molar-refractivity contribution in [2.45, 2.75) is 31.2 Å². The van der Waals surface area contributed by atoms with Gasteiger partial charge < -0.3 is 15.8 Å². The van der Waals surface area contributed by atoms with Crippen molar-refractivity contribution in [3.05, 3.63) is 18.2 Å². The van der Waals surface area contributed by atoms with E-state index in [9.17, 15) is 18.0 Å². The molecule has 1 aliphatic rings. The summed E-state index contributed by atoms with van der Waals surface area (Å²) in [7, 11) is 0. The molecule has 3 rings (SSSR count). The molecule has 1 saturated carbocycles. The molecule has 0 aliphatic heterocycles. The molecule has 1 amide bonds. The van der Waals surface area contributed by atoms with E-state index in [-0.39, 0.29) is 24.1 Å². The quantitative estimate of drug-likeness (QED) is 0.871. The molecular formula is C13H13ClF3N3O2S. The van der Waals surface area contributed by atoms with Crippen LogP contribution in [0.3, 0.4) is 0 Å². The number of nitrogens with one attached hydrogen (secondary N) is 1. The molecule has 0 unspecified atom stereocenters. The fraction of sp³-hybridized carbons (Fsp3) is 0.385. The smallest absolute Gasteiger partial charge is 0.406 e. The van der Waals surface area contributed by atoms with E-state index in [1.807, 2.05) is 0 Å². The SMILES string of the molecule is Cl.NC1(C(=O)Nc2nc3ccc(OC(F)(F)F)cc3s2)CCC1. The number of benzene rings is 1. The lowest BCUT2D eigenvalue weighted by Gasteiger charge is -2.35. The number of anilines is 1. The fourth-order valence-corrected chi connectivity index (χ4v) is 3.05. The van der Waals surface area contributed by atoms with Gasteiger partial charge in [0.05, 0.1) is 15.8 Å². The fourth-order valence-electron chi connectivity index (χ4n) is 2.16. The highest BCUT2D eigenvalue weighted by molar-refractivity contribution is 7.22. The van der Waals surface area contributed by atoms with Crippen molar-refractivity contribution < 1.29 is 22.7 Å². The Labute approximate surface area is 139 Å². The Kier molecular flexibility index (Phi) is 4.74.